The van der Waals surface area contributed by atoms with E-state index in [2.05, 4.69) is 4.98 Å². The van der Waals surface area contributed by atoms with Gasteiger partial charge in [-0.25, -0.2) is 4.79 Å². The molecule has 0 unspecified atom stereocenters. The number of halogens is 1. The zero-order valence-corrected chi connectivity index (χ0v) is 10.3. The number of carbonyl (C=O) groups is 1. The van der Waals surface area contributed by atoms with Crippen molar-refractivity contribution < 1.29 is 9.90 Å². The Bertz CT molecular complexity index is 593. The van der Waals surface area contributed by atoms with Crippen molar-refractivity contribution in [1.82, 2.24) is 4.98 Å². The van der Waals surface area contributed by atoms with Gasteiger partial charge in [-0.3, -0.25) is 4.98 Å². The van der Waals surface area contributed by atoms with Gasteiger partial charge in [0.25, 0.3) is 0 Å². The number of aromatic carboxylic acids is 1. The van der Waals surface area contributed by atoms with Crippen molar-refractivity contribution in [3.8, 4) is 0 Å². The molecule has 0 saturated carbocycles. The first-order valence-electron chi connectivity index (χ1n) is 5.32. The Morgan fingerprint density at radius 2 is 2.12 bits per heavy atom. The van der Waals surface area contributed by atoms with Gasteiger partial charge < -0.3 is 5.11 Å². The molecule has 1 N–H and O–H groups in total. The second-order valence-corrected chi connectivity index (χ2v) is 4.65. The number of rotatable bonds is 2. The maximum absolute atomic E-state index is 11.4. The molecular formula is C13H12ClNO2. The lowest BCUT2D eigenvalue weighted by Gasteiger charge is -2.11. The topological polar surface area (TPSA) is 50.2 Å². The number of hydrogen-bond acceptors (Lipinski definition) is 2. The summed E-state index contributed by atoms with van der Waals surface area (Å²) in [6, 6.07) is 5.07. The van der Waals surface area contributed by atoms with Gasteiger partial charge in [0, 0.05) is 16.6 Å². The van der Waals surface area contributed by atoms with Gasteiger partial charge in [-0.2, -0.15) is 0 Å². The van der Waals surface area contributed by atoms with Crippen LogP contribution in [0, 0.1) is 0 Å². The third-order valence-electron chi connectivity index (χ3n) is 2.70. The van der Waals surface area contributed by atoms with E-state index in [1.807, 2.05) is 13.8 Å². The van der Waals surface area contributed by atoms with Crippen molar-refractivity contribution in [3.63, 3.8) is 0 Å². The Balaban J connectivity index is 2.84. The van der Waals surface area contributed by atoms with Crippen LogP contribution in [-0.2, 0) is 0 Å². The van der Waals surface area contributed by atoms with Crippen molar-refractivity contribution in [2.45, 2.75) is 19.8 Å². The van der Waals surface area contributed by atoms with Gasteiger partial charge in [-0.1, -0.05) is 31.5 Å². The fourth-order valence-electron chi connectivity index (χ4n) is 1.86. The molecule has 0 atom stereocenters. The molecule has 3 nitrogen and oxygen atoms in total. The van der Waals surface area contributed by atoms with Crippen LogP contribution in [0.15, 0.2) is 24.4 Å². The minimum atomic E-state index is -0.927. The average Bonchev–Trinajstić information content (AvgIpc) is 2.26. The summed E-state index contributed by atoms with van der Waals surface area (Å²) in [4.78, 5) is 15.6. The third-order valence-corrected chi connectivity index (χ3v) is 2.93. The van der Waals surface area contributed by atoms with E-state index in [4.69, 9.17) is 11.6 Å². The van der Waals surface area contributed by atoms with Crippen molar-refractivity contribution in [1.29, 1.82) is 0 Å². The van der Waals surface area contributed by atoms with Crippen LogP contribution >= 0.6 is 11.6 Å². The standard InChI is InChI=1S/C13H12ClNO2/c1-7(2)10-6-15-11-5-8(14)3-4-9(11)12(10)13(16)17/h3-7H,1-2H3,(H,16,17). The van der Waals surface area contributed by atoms with Crippen molar-refractivity contribution in [3.05, 3.63) is 40.5 Å². The highest BCUT2D eigenvalue weighted by molar-refractivity contribution is 6.31. The molecule has 2 rings (SSSR count). The number of pyridine rings is 1. The molecule has 17 heavy (non-hydrogen) atoms. The van der Waals surface area contributed by atoms with Gasteiger partial charge in [0.05, 0.1) is 11.1 Å². The van der Waals surface area contributed by atoms with Crippen molar-refractivity contribution >= 4 is 28.5 Å². The molecule has 1 aromatic heterocycles. The fourth-order valence-corrected chi connectivity index (χ4v) is 2.02. The number of fused-ring (bicyclic) bond motifs is 1. The van der Waals surface area contributed by atoms with Crippen LogP contribution in [-0.4, -0.2) is 16.1 Å². The predicted octanol–water partition coefficient (Wildman–Crippen LogP) is 3.71. The monoisotopic (exact) mass is 249 g/mol. The lowest BCUT2D eigenvalue weighted by Crippen LogP contribution is -2.06. The quantitative estimate of drug-likeness (QED) is 0.883. The summed E-state index contributed by atoms with van der Waals surface area (Å²) in [7, 11) is 0. The molecule has 0 amide bonds. The summed E-state index contributed by atoms with van der Waals surface area (Å²) in [6.45, 7) is 3.90. The fraction of sp³-hybridized carbons (Fsp3) is 0.231. The summed E-state index contributed by atoms with van der Waals surface area (Å²) >= 11 is 5.87. The smallest absolute Gasteiger partial charge is 0.336 e. The molecule has 2 aromatic rings. The predicted molar refractivity (Wildman–Crippen MR) is 67.8 cm³/mol. The van der Waals surface area contributed by atoms with Crippen LogP contribution in [0.3, 0.4) is 0 Å². The van der Waals surface area contributed by atoms with Crippen LogP contribution in [0.25, 0.3) is 10.9 Å². The SMILES string of the molecule is CC(C)c1cnc2cc(Cl)ccc2c1C(=O)O. The summed E-state index contributed by atoms with van der Waals surface area (Å²) in [5.41, 5.74) is 1.67. The molecule has 0 aliphatic carbocycles. The van der Waals surface area contributed by atoms with Crippen LogP contribution in [0.5, 0.6) is 0 Å². The molecule has 4 heteroatoms. The molecule has 0 radical (unpaired) electrons. The lowest BCUT2D eigenvalue weighted by molar-refractivity contribution is 0.0697. The largest absolute Gasteiger partial charge is 0.478 e. The average molecular weight is 250 g/mol. The van der Waals surface area contributed by atoms with Crippen LogP contribution in [0.1, 0.15) is 35.7 Å². The molecule has 0 aliphatic rings. The highest BCUT2D eigenvalue weighted by atomic mass is 35.5. The molecule has 1 heterocycles. The Kier molecular flexibility index (Phi) is 3.03. The molecular weight excluding hydrogens is 238 g/mol. The highest BCUT2D eigenvalue weighted by Crippen LogP contribution is 2.27. The van der Waals surface area contributed by atoms with E-state index in [9.17, 15) is 9.90 Å². The first kappa shape index (κ1) is 11.9. The number of hydrogen-bond donors (Lipinski definition) is 1. The molecule has 0 saturated heterocycles. The molecule has 0 spiro atoms. The Hall–Kier alpha value is -1.61. The lowest BCUT2D eigenvalue weighted by atomic mass is 9.96. The number of carboxylic acids is 1. The Morgan fingerprint density at radius 1 is 1.41 bits per heavy atom. The molecule has 0 aliphatic heterocycles. The van der Waals surface area contributed by atoms with Gasteiger partial charge in [0.15, 0.2) is 0 Å². The molecule has 88 valence electrons. The molecule has 0 fully saturated rings. The van der Waals surface area contributed by atoms with Gasteiger partial charge in [0.2, 0.25) is 0 Å². The van der Waals surface area contributed by atoms with E-state index >= 15 is 0 Å². The first-order valence-corrected chi connectivity index (χ1v) is 5.70. The molecule has 1 aromatic carbocycles. The normalized spacial score (nSPS) is 11.1. The van der Waals surface area contributed by atoms with Crippen LogP contribution in [0.4, 0.5) is 0 Å². The van der Waals surface area contributed by atoms with E-state index in [0.29, 0.717) is 21.5 Å². The number of aromatic nitrogens is 1. The van der Waals surface area contributed by atoms with E-state index in [-0.39, 0.29) is 5.92 Å². The maximum Gasteiger partial charge on any atom is 0.336 e. The summed E-state index contributed by atoms with van der Waals surface area (Å²) in [5.74, 6) is -0.808. The molecule has 0 bridgehead atoms. The maximum atomic E-state index is 11.4. The first-order chi connectivity index (χ1) is 8.00. The summed E-state index contributed by atoms with van der Waals surface area (Å²) in [5, 5.41) is 10.5. The summed E-state index contributed by atoms with van der Waals surface area (Å²) < 4.78 is 0. The van der Waals surface area contributed by atoms with Crippen LogP contribution in [0.2, 0.25) is 5.02 Å². The van der Waals surface area contributed by atoms with Gasteiger partial charge in [-0.05, 0) is 23.6 Å². The highest BCUT2D eigenvalue weighted by Gasteiger charge is 2.17. The third kappa shape index (κ3) is 2.11. The number of carboxylic acid groups (broad SMARTS) is 1. The van der Waals surface area contributed by atoms with E-state index in [1.165, 1.54) is 0 Å². The number of nitrogens with zero attached hydrogens (tertiary/aromatic N) is 1. The second kappa shape index (κ2) is 4.34. The van der Waals surface area contributed by atoms with Crippen molar-refractivity contribution in [2.24, 2.45) is 0 Å². The van der Waals surface area contributed by atoms with Crippen molar-refractivity contribution in [2.75, 3.05) is 0 Å². The van der Waals surface area contributed by atoms with Gasteiger partial charge in [-0.15, -0.1) is 0 Å². The van der Waals surface area contributed by atoms with E-state index < -0.39 is 5.97 Å². The second-order valence-electron chi connectivity index (χ2n) is 4.21. The Labute approximate surface area is 104 Å². The zero-order valence-electron chi connectivity index (χ0n) is 9.57. The van der Waals surface area contributed by atoms with E-state index in [1.54, 1.807) is 24.4 Å². The number of benzene rings is 1. The van der Waals surface area contributed by atoms with E-state index in [0.717, 1.165) is 5.56 Å². The minimum Gasteiger partial charge on any atom is -0.478 e. The minimum absolute atomic E-state index is 0.119. The summed E-state index contributed by atoms with van der Waals surface area (Å²) in [6.07, 6.45) is 1.62. The van der Waals surface area contributed by atoms with Crippen LogP contribution < -0.4 is 0 Å². The van der Waals surface area contributed by atoms with Gasteiger partial charge in [0.1, 0.15) is 0 Å². The van der Waals surface area contributed by atoms with Gasteiger partial charge >= 0.3 is 5.97 Å². The Morgan fingerprint density at radius 3 is 2.71 bits per heavy atom. The zero-order chi connectivity index (χ0) is 12.6.